The van der Waals surface area contributed by atoms with Crippen molar-refractivity contribution in [3.8, 4) is 23.0 Å². The summed E-state index contributed by atoms with van der Waals surface area (Å²) in [4.78, 5) is 0. The second-order valence-corrected chi connectivity index (χ2v) is 4.22. The lowest BCUT2D eigenvalue weighted by Gasteiger charge is -2.18. The Kier molecular flexibility index (Phi) is 4.94. The molecule has 6 heteroatoms. The molecule has 21 heavy (non-hydrogen) atoms. The highest BCUT2D eigenvalue weighted by Gasteiger charge is 2.18. The molecule has 0 fully saturated rings. The number of benzene rings is 1. The molecule has 0 bridgehead atoms. The van der Waals surface area contributed by atoms with E-state index in [9.17, 15) is 0 Å². The maximum Gasteiger partial charge on any atom is 0.203 e. The van der Waals surface area contributed by atoms with Crippen LogP contribution in [-0.2, 0) is 0 Å². The summed E-state index contributed by atoms with van der Waals surface area (Å²) in [6, 6.07) is 7.03. The van der Waals surface area contributed by atoms with Crippen molar-refractivity contribution in [2.24, 2.45) is 5.73 Å². The Morgan fingerprint density at radius 1 is 1.10 bits per heavy atom. The third-order valence-electron chi connectivity index (χ3n) is 2.99. The van der Waals surface area contributed by atoms with Gasteiger partial charge in [-0.25, -0.2) is 0 Å². The lowest BCUT2D eigenvalue weighted by Crippen LogP contribution is -2.18. The van der Waals surface area contributed by atoms with Crippen LogP contribution >= 0.6 is 0 Å². The topological polar surface area (TPSA) is 76.1 Å². The Labute approximate surface area is 123 Å². The summed E-state index contributed by atoms with van der Waals surface area (Å²) < 4.78 is 27.0. The van der Waals surface area contributed by atoms with Crippen LogP contribution in [0.5, 0.6) is 23.0 Å². The fourth-order valence-corrected chi connectivity index (χ4v) is 1.99. The molecule has 1 aromatic heterocycles. The molecule has 0 aliphatic rings. The van der Waals surface area contributed by atoms with E-state index in [0.717, 1.165) is 0 Å². The van der Waals surface area contributed by atoms with Crippen LogP contribution in [0.3, 0.4) is 0 Å². The average Bonchev–Trinajstić information content (AvgIpc) is 3.05. The predicted molar refractivity (Wildman–Crippen MR) is 77.2 cm³/mol. The zero-order chi connectivity index (χ0) is 15.2. The first kappa shape index (κ1) is 15.1. The number of furan rings is 1. The van der Waals surface area contributed by atoms with Gasteiger partial charge in [0.25, 0.3) is 0 Å². The van der Waals surface area contributed by atoms with Crippen LogP contribution in [0.4, 0.5) is 0 Å². The Hall–Kier alpha value is -2.34. The number of methoxy groups -OCH3 is 3. The first-order valence-electron chi connectivity index (χ1n) is 6.43. The average molecular weight is 293 g/mol. The number of hydrogen-bond donors (Lipinski definition) is 1. The van der Waals surface area contributed by atoms with Crippen LogP contribution in [0.2, 0.25) is 0 Å². The van der Waals surface area contributed by atoms with E-state index in [2.05, 4.69) is 0 Å². The van der Waals surface area contributed by atoms with Crippen molar-refractivity contribution in [3.05, 3.63) is 36.3 Å². The summed E-state index contributed by atoms with van der Waals surface area (Å²) in [5, 5.41) is 0. The zero-order valence-electron chi connectivity index (χ0n) is 12.3. The Balaban J connectivity index is 2.31. The third-order valence-corrected chi connectivity index (χ3v) is 2.99. The van der Waals surface area contributed by atoms with Gasteiger partial charge < -0.3 is 29.1 Å². The van der Waals surface area contributed by atoms with Gasteiger partial charge in [-0.1, -0.05) is 0 Å². The molecule has 0 aliphatic heterocycles. The van der Waals surface area contributed by atoms with Gasteiger partial charge in [0.1, 0.15) is 11.5 Å². The molecule has 0 saturated carbocycles. The molecule has 6 nitrogen and oxygen atoms in total. The summed E-state index contributed by atoms with van der Waals surface area (Å²) in [6.45, 7) is 0.282. The lowest BCUT2D eigenvalue weighted by atomic mass is 10.2. The van der Waals surface area contributed by atoms with Crippen molar-refractivity contribution in [1.82, 2.24) is 0 Å². The van der Waals surface area contributed by atoms with Crippen LogP contribution in [0.1, 0.15) is 11.9 Å². The largest absolute Gasteiger partial charge is 0.493 e. The van der Waals surface area contributed by atoms with Gasteiger partial charge in [-0.05, 0) is 12.1 Å². The highest BCUT2D eigenvalue weighted by Crippen LogP contribution is 2.41. The van der Waals surface area contributed by atoms with E-state index >= 15 is 0 Å². The summed E-state index contributed by atoms with van der Waals surface area (Å²) in [5.41, 5.74) is 5.74. The van der Waals surface area contributed by atoms with Crippen LogP contribution < -0.4 is 24.7 Å². The zero-order valence-corrected chi connectivity index (χ0v) is 12.3. The number of hydrogen-bond acceptors (Lipinski definition) is 6. The van der Waals surface area contributed by atoms with Crippen LogP contribution in [0.15, 0.2) is 34.9 Å². The van der Waals surface area contributed by atoms with Gasteiger partial charge in [-0.2, -0.15) is 0 Å². The number of ether oxygens (including phenoxy) is 4. The van der Waals surface area contributed by atoms with Crippen molar-refractivity contribution in [2.45, 2.75) is 6.10 Å². The molecule has 0 aliphatic carbocycles. The third kappa shape index (κ3) is 3.22. The van der Waals surface area contributed by atoms with Gasteiger partial charge in [0, 0.05) is 18.7 Å². The predicted octanol–water partition coefficient (Wildman–Crippen LogP) is 2.38. The van der Waals surface area contributed by atoms with E-state index in [1.54, 1.807) is 45.8 Å². The lowest BCUT2D eigenvalue weighted by molar-refractivity contribution is 0.182. The molecule has 1 atom stereocenters. The molecule has 1 unspecified atom stereocenters. The van der Waals surface area contributed by atoms with Crippen LogP contribution in [-0.4, -0.2) is 27.9 Å². The second-order valence-electron chi connectivity index (χ2n) is 4.22. The molecule has 0 saturated heterocycles. The summed E-state index contributed by atoms with van der Waals surface area (Å²) in [6.07, 6.45) is 1.19. The minimum atomic E-state index is -0.386. The van der Waals surface area contributed by atoms with Crippen molar-refractivity contribution in [3.63, 3.8) is 0 Å². The van der Waals surface area contributed by atoms with E-state index < -0.39 is 0 Å². The minimum Gasteiger partial charge on any atom is -0.493 e. The van der Waals surface area contributed by atoms with Crippen molar-refractivity contribution in [1.29, 1.82) is 0 Å². The maximum atomic E-state index is 5.86. The molecule has 0 spiro atoms. The maximum absolute atomic E-state index is 5.86. The molecule has 1 heterocycles. The van der Waals surface area contributed by atoms with Gasteiger partial charge >= 0.3 is 0 Å². The van der Waals surface area contributed by atoms with Gasteiger partial charge in [0.15, 0.2) is 17.6 Å². The molecule has 0 radical (unpaired) electrons. The normalized spacial score (nSPS) is 11.8. The number of nitrogens with two attached hydrogens (primary N) is 1. The highest BCUT2D eigenvalue weighted by atomic mass is 16.5. The molecule has 2 aromatic rings. The summed E-state index contributed by atoms with van der Waals surface area (Å²) in [5.74, 6) is 2.75. The first-order valence-corrected chi connectivity index (χ1v) is 6.43. The van der Waals surface area contributed by atoms with Gasteiger partial charge in [0.05, 0.1) is 27.6 Å². The second kappa shape index (κ2) is 6.90. The Bertz CT molecular complexity index is 542. The standard InChI is InChI=1S/C15H19NO5/c1-17-12-7-10(8-13(18-2)15(12)19-3)21-14(9-16)11-5-4-6-20-11/h4-8,14H,9,16H2,1-3H3. The summed E-state index contributed by atoms with van der Waals surface area (Å²) >= 11 is 0. The Morgan fingerprint density at radius 3 is 2.19 bits per heavy atom. The van der Waals surface area contributed by atoms with E-state index in [1.807, 2.05) is 6.07 Å². The fraction of sp³-hybridized carbons (Fsp3) is 0.333. The smallest absolute Gasteiger partial charge is 0.203 e. The molecule has 114 valence electrons. The Morgan fingerprint density at radius 2 is 1.76 bits per heavy atom. The molecular formula is C15H19NO5. The van der Waals surface area contributed by atoms with Crippen LogP contribution in [0.25, 0.3) is 0 Å². The number of rotatable bonds is 7. The highest BCUT2D eigenvalue weighted by molar-refractivity contribution is 5.55. The van der Waals surface area contributed by atoms with E-state index in [0.29, 0.717) is 28.8 Å². The quantitative estimate of drug-likeness (QED) is 0.844. The van der Waals surface area contributed by atoms with Crippen molar-refractivity contribution < 1.29 is 23.4 Å². The summed E-state index contributed by atoms with van der Waals surface area (Å²) in [7, 11) is 4.65. The monoisotopic (exact) mass is 293 g/mol. The fourth-order valence-electron chi connectivity index (χ4n) is 1.99. The molecule has 2 rings (SSSR count). The van der Waals surface area contributed by atoms with Crippen molar-refractivity contribution >= 4 is 0 Å². The van der Waals surface area contributed by atoms with Gasteiger partial charge in [-0.3, -0.25) is 0 Å². The van der Waals surface area contributed by atoms with Gasteiger partial charge in [-0.15, -0.1) is 0 Å². The van der Waals surface area contributed by atoms with Gasteiger partial charge in [0.2, 0.25) is 5.75 Å². The minimum absolute atomic E-state index is 0.282. The SMILES string of the molecule is COc1cc(OC(CN)c2ccco2)cc(OC)c1OC. The van der Waals surface area contributed by atoms with E-state index in [1.165, 1.54) is 0 Å². The molecule has 2 N–H and O–H groups in total. The molecule has 1 aromatic carbocycles. The van der Waals surface area contributed by atoms with E-state index in [4.69, 9.17) is 29.1 Å². The first-order chi connectivity index (χ1) is 10.2. The van der Waals surface area contributed by atoms with Crippen molar-refractivity contribution in [2.75, 3.05) is 27.9 Å². The molecular weight excluding hydrogens is 274 g/mol. The van der Waals surface area contributed by atoms with Crippen LogP contribution in [0, 0.1) is 0 Å². The molecule has 0 amide bonds. The van der Waals surface area contributed by atoms with E-state index in [-0.39, 0.29) is 12.6 Å².